The van der Waals surface area contributed by atoms with Gasteiger partial charge in [-0.25, -0.2) is 0 Å². The molecule has 0 aliphatic carbocycles. The van der Waals surface area contributed by atoms with Crippen LogP contribution in [0, 0.1) is 0 Å². The average Bonchev–Trinajstić information content (AvgIpc) is 2.52. The molecule has 0 radical (unpaired) electrons. The quantitative estimate of drug-likeness (QED) is 0.196. The Morgan fingerprint density at radius 2 is 0.484 bits per heavy atom. The molecule has 0 aromatic rings. The molecule has 0 rings (SSSR count). The summed E-state index contributed by atoms with van der Waals surface area (Å²) >= 11 is 0. The van der Waals surface area contributed by atoms with Gasteiger partial charge in [0.05, 0.1) is 5.34 Å². The SMILES string of the molecule is FN(F)C(F)(F)C(F)(F)C(F)(F)C(F)(F)C(F)(F)C(F)(F)C(F)(F)C(F)(F)C(F)(F)F. The fourth-order valence-corrected chi connectivity index (χ4v) is 1.46. The second kappa shape index (κ2) is 6.99. The van der Waals surface area contributed by atoms with Crippen LogP contribution in [0.2, 0.25) is 0 Å². The summed E-state index contributed by atoms with van der Waals surface area (Å²) < 4.78 is 263. The number of hydrogen-bond acceptors (Lipinski definition) is 1. The minimum Gasteiger partial charge on any atom is -0.192 e. The Labute approximate surface area is 153 Å². The molecule has 0 amide bonds. The summed E-state index contributed by atoms with van der Waals surface area (Å²) in [7, 11) is 0. The zero-order valence-electron chi connectivity index (χ0n) is 12.9. The zero-order valence-corrected chi connectivity index (χ0v) is 12.9. The molecule has 0 unspecified atom stereocenters. The van der Waals surface area contributed by atoms with Gasteiger partial charge in [0.2, 0.25) is 0 Å². The monoisotopic (exact) mass is 521 g/mol. The molecule has 0 aliphatic heterocycles. The van der Waals surface area contributed by atoms with Gasteiger partial charge >= 0.3 is 53.7 Å². The first-order chi connectivity index (χ1) is 12.9. The van der Waals surface area contributed by atoms with Crippen LogP contribution in [0.3, 0.4) is 0 Å². The highest BCUT2D eigenvalue weighted by Crippen LogP contribution is 2.65. The van der Waals surface area contributed by atoms with Crippen LogP contribution in [-0.4, -0.2) is 59.0 Å². The van der Waals surface area contributed by atoms with E-state index in [1.165, 1.54) is 0 Å². The number of halogens is 21. The Hall–Kier alpha value is -1.51. The third kappa shape index (κ3) is 3.42. The van der Waals surface area contributed by atoms with Crippen molar-refractivity contribution in [3.05, 3.63) is 0 Å². The maximum atomic E-state index is 13.1. The van der Waals surface area contributed by atoms with Gasteiger partial charge in [0, 0.05) is 0 Å². The highest BCUT2D eigenvalue weighted by molar-refractivity contribution is 5.16. The van der Waals surface area contributed by atoms with Crippen LogP contribution in [0.5, 0.6) is 0 Å². The third-order valence-corrected chi connectivity index (χ3v) is 3.31. The van der Waals surface area contributed by atoms with Gasteiger partial charge in [-0.15, -0.1) is 0 Å². The standard InChI is InChI=1S/C9F21N/c10-1(11,2(12,13)4(16,17)6(20,21)8(24,25)26)3(14,15)5(18,19)7(22,23)9(27,28)31(29)30. The zero-order chi connectivity index (χ0) is 26.1. The van der Waals surface area contributed by atoms with E-state index in [0.717, 1.165) is 0 Å². The van der Waals surface area contributed by atoms with E-state index in [1.807, 2.05) is 0 Å². The van der Waals surface area contributed by atoms with Crippen molar-refractivity contribution in [2.24, 2.45) is 0 Å². The first kappa shape index (κ1) is 29.5. The van der Waals surface area contributed by atoms with Gasteiger partial charge in [-0.1, -0.05) is 8.96 Å². The molecule has 0 atom stereocenters. The Balaban J connectivity index is 6.91. The lowest BCUT2D eigenvalue weighted by molar-refractivity contribution is -0.488. The molecule has 1 nitrogen and oxygen atoms in total. The summed E-state index contributed by atoms with van der Waals surface area (Å²) in [6.07, 6.45) is -7.98. The molecule has 31 heavy (non-hydrogen) atoms. The van der Waals surface area contributed by atoms with Crippen molar-refractivity contribution in [2.45, 2.75) is 53.7 Å². The van der Waals surface area contributed by atoms with E-state index in [2.05, 4.69) is 0 Å². The van der Waals surface area contributed by atoms with Gasteiger partial charge in [-0.05, 0) is 0 Å². The number of alkyl halides is 19. The van der Waals surface area contributed by atoms with Crippen LogP contribution in [0.25, 0.3) is 0 Å². The largest absolute Gasteiger partial charge is 0.460 e. The first-order valence-electron chi connectivity index (χ1n) is 6.15. The van der Waals surface area contributed by atoms with E-state index >= 15 is 0 Å². The average molecular weight is 521 g/mol. The number of nitrogens with zero attached hydrogens (tertiary/aromatic N) is 1. The minimum atomic E-state index is -9.13. The van der Waals surface area contributed by atoms with Crippen LogP contribution in [0.4, 0.5) is 92.4 Å². The van der Waals surface area contributed by atoms with Crippen LogP contribution in [0.15, 0.2) is 0 Å². The fourth-order valence-electron chi connectivity index (χ4n) is 1.46. The van der Waals surface area contributed by atoms with E-state index in [-0.39, 0.29) is 0 Å². The predicted molar refractivity (Wildman–Crippen MR) is 49.7 cm³/mol. The highest BCUT2D eigenvalue weighted by Gasteiger charge is 2.97. The van der Waals surface area contributed by atoms with E-state index in [0.29, 0.717) is 0 Å². The lowest BCUT2D eigenvalue weighted by Gasteiger charge is -2.43. The molecule has 0 aromatic carbocycles. The predicted octanol–water partition coefficient (Wildman–Crippen LogP) is 6.66. The summed E-state index contributed by atoms with van der Waals surface area (Å²) in [5, 5.41) is -4.33. The number of rotatable bonds is 8. The molecular formula is C9F21N. The van der Waals surface area contributed by atoms with E-state index in [1.54, 1.807) is 0 Å². The van der Waals surface area contributed by atoms with Gasteiger partial charge in [-0.3, -0.25) is 0 Å². The molecule has 188 valence electrons. The minimum absolute atomic E-state index is 4.33. The molecule has 0 aromatic heterocycles. The Kier molecular flexibility index (Phi) is 6.65. The Morgan fingerprint density at radius 3 is 0.677 bits per heavy atom. The van der Waals surface area contributed by atoms with Crippen LogP contribution in [0.1, 0.15) is 0 Å². The van der Waals surface area contributed by atoms with Crippen molar-refractivity contribution in [1.82, 2.24) is 5.34 Å². The third-order valence-electron chi connectivity index (χ3n) is 3.31. The van der Waals surface area contributed by atoms with Gasteiger partial charge in [0.25, 0.3) is 0 Å². The highest BCUT2D eigenvalue weighted by atomic mass is 19.4. The van der Waals surface area contributed by atoms with Crippen molar-refractivity contribution >= 4 is 0 Å². The van der Waals surface area contributed by atoms with Crippen LogP contribution < -0.4 is 0 Å². The molecule has 0 aliphatic rings. The second-order valence-corrected chi connectivity index (χ2v) is 5.29. The van der Waals surface area contributed by atoms with E-state index in [4.69, 9.17) is 0 Å². The smallest absolute Gasteiger partial charge is 0.192 e. The van der Waals surface area contributed by atoms with Crippen molar-refractivity contribution < 1.29 is 92.4 Å². The van der Waals surface area contributed by atoms with Gasteiger partial charge in [0.15, 0.2) is 0 Å². The van der Waals surface area contributed by atoms with Gasteiger partial charge in [-0.2, -0.15) is 83.4 Å². The summed E-state index contributed by atoms with van der Waals surface area (Å²) in [6, 6.07) is -7.93. The van der Waals surface area contributed by atoms with Crippen LogP contribution in [-0.2, 0) is 0 Å². The molecule has 0 heterocycles. The van der Waals surface area contributed by atoms with Crippen molar-refractivity contribution in [2.75, 3.05) is 0 Å². The van der Waals surface area contributed by atoms with Crippen molar-refractivity contribution in [3.63, 3.8) is 0 Å². The molecule has 0 spiro atoms. The fraction of sp³-hybridized carbons (Fsp3) is 1.00. The summed E-state index contributed by atoms with van der Waals surface area (Å²) in [5.41, 5.74) is 0. The molecule has 0 saturated heterocycles. The molecule has 22 heteroatoms. The maximum Gasteiger partial charge on any atom is 0.460 e. The topological polar surface area (TPSA) is 3.24 Å². The van der Waals surface area contributed by atoms with Crippen LogP contribution >= 0.6 is 0 Å². The molecular weight excluding hydrogens is 521 g/mol. The Bertz CT molecular complexity index is 654. The number of hydrogen-bond donors (Lipinski definition) is 0. The maximum absolute atomic E-state index is 13.1. The van der Waals surface area contributed by atoms with Crippen molar-refractivity contribution in [1.29, 1.82) is 0 Å². The summed E-state index contributed by atoms with van der Waals surface area (Å²) in [5.74, 6) is -62.0. The first-order valence-corrected chi connectivity index (χ1v) is 6.15. The second-order valence-electron chi connectivity index (χ2n) is 5.29. The van der Waals surface area contributed by atoms with Gasteiger partial charge in [0.1, 0.15) is 0 Å². The normalized spacial score (nSPS) is 16.8. The van der Waals surface area contributed by atoms with Gasteiger partial charge < -0.3 is 0 Å². The molecule has 0 saturated carbocycles. The molecule has 0 fully saturated rings. The molecule has 0 bridgehead atoms. The van der Waals surface area contributed by atoms with Crippen molar-refractivity contribution in [3.8, 4) is 0 Å². The summed E-state index contributed by atoms with van der Waals surface area (Å²) in [6.45, 7) is 0. The molecule has 0 N–H and O–H groups in total. The lowest BCUT2D eigenvalue weighted by Crippen LogP contribution is -2.76. The van der Waals surface area contributed by atoms with E-state index < -0.39 is 59.0 Å². The summed E-state index contributed by atoms with van der Waals surface area (Å²) in [4.78, 5) is 0. The lowest BCUT2D eigenvalue weighted by atomic mass is 9.88. The van der Waals surface area contributed by atoms with E-state index in [9.17, 15) is 92.4 Å². The Morgan fingerprint density at radius 1 is 0.290 bits per heavy atom.